The second-order valence-electron chi connectivity index (χ2n) is 19.9. The van der Waals surface area contributed by atoms with Crippen molar-refractivity contribution in [2.75, 3.05) is 40.9 Å². The Hall–Kier alpha value is -1.80. The summed E-state index contributed by atoms with van der Waals surface area (Å²) in [5.74, 6) is -0.178. The smallest absolute Gasteiger partial charge is 0.387 e. The van der Waals surface area contributed by atoms with Crippen LogP contribution < -0.4 is 5.32 Å². The molecule has 0 heterocycles. The number of nitrogens with one attached hydrogen (secondary N) is 1. The molecule has 0 aromatic heterocycles. The Bertz CT molecular complexity index is 1260. The summed E-state index contributed by atoms with van der Waals surface area (Å²) in [6.45, 7) is 4.72. The number of quaternary nitrogens is 1. The second kappa shape index (κ2) is 48.2. The molecule has 0 aromatic rings. The molecule has 0 aromatic carbocycles. The van der Waals surface area contributed by atoms with Crippen molar-refractivity contribution in [3.05, 3.63) is 60.8 Å². The first-order chi connectivity index (χ1) is 32.0. The highest BCUT2D eigenvalue weighted by molar-refractivity contribution is 7.47. The Morgan fingerprint density at radius 3 is 1.33 bits per heavy atom. The zero-order chi connectivity index (χ0) is 48.5. The van der Waals surface area contributed by atoms with E-state index < -0.39 is 20.0 Å². The van der Waals surface area contributed by atoms with E-state index in [9.17, 15) is 19.4 Å². The van der Waals surface area contributed by atoms with Gasteiger partial charge in [0.1, 0.15) is 13.2 Å². The van der Waals surface area contributed by atoms with E-state index in [-0.39, 0.29) is 19.1 Å². The molecular weight excluding hydrogens is 840 g/mol. The van der Waals surface area contributed by atoms with Gasteiger partial charge in [-0.25, -0.2) is 4.57 Å². The highest BCUT2D eigenvalue weighted by Gasteiger charge is 2.27. The zero-order valence-corrected chi connectivity index (χ0v) is 44.8. The molecule has 3 unspecified atom stereocenters. The van der Waals surface area contributed by atoms with Crippen LogP contribution in [0.5, 0.6) is 0 Å². The molecule has 0 saturated carbocycles. The van der Waals surface area contributed by atoms with Crippen molar-refractivity contribution in [1.82, 2.24) is 5.32 Å². The molecule has 0 spiro atoms. The molecule has 9 heteroatoms. The van der Waals surface area contributed by atoms with Gasteiger partial charge < -0.3 is 19.8 Å². The maximum Gasteiger partial charge on any atom is 0.472 e. The van der Waals surface area contributed by atoms with Crippen molar-refractivity contribution in [3.63, 3.8) is 0 Å². The Kier molecular flexibility index (Phi) is 46.9. The lowest BCUT2D eigenvalue weighted by molar-refractivity contribution is -0.870. The van der Waals surface area contributed by atoms with Crippen LogP contribution in [0, 0.1) is 0 Å². The molecule has 0 radical (unpaired) electrons. The number of allylic oxidation sites excluding steroid dienone is 9. The molecule has 0 rings (SSSR count). The van der Waals surface area contributed by atoms with Crippen molar-refractivity contribution < 1.29 is 32.9 Å². The van der Waals surface area contributed by atoms with Crippen LogP contribution in [0.4, 0.5) is 0 Å². The fraction of sp³-hybridized carbons (Fsp3) is 0.807. The molecule has 0 bridgehead atoms. The SMILES string of the molecule is CC/C=C\C/C=C\C/C=C\C/C=C\CCCCCCCCCCCCCCCCC(=O)NC(COP(=O)(O)OCC[N+](C)(C)C)C(O)/C=C/CCCCCCCCCCCCCCCCC. The number of nitrogens with zero attached hydrogens (tertiary/aromatic N) is 1. The summed E-state index contributed by atoms with van der Waals surface area (Å²) in [4.78, 5) is 23.3. The van der Waals surface area contributed by atoms with Crippen molar-refractivity contribution in [2.24, 2.45) is 0 Å². The molecule has 0 aliphatic carbocycles. The van der Waals surface area contributed by atoms with Crippen molar-refractivity contribution in [1.29, 1.82) is 0 Å². The predicted molar refractivity (Wildman–Crippen MR) is 286 cm³/mol. The number of aliphatic hydroxyl groups is 1. The van der Waals surface area contributed by atoms with Gasteiger partial charge in [0, 0.05) is 6.42 Å². The summed E-state index contributed by atoms with van der Waals surface area (Å²) in [5, 5.41) is 13.9. The number of phosphoric acid groups is 1. The van der Waals surface area contributed by atoms with Gasteiger partial charge in [0.25, 0.3) is 0 Å². The average Bonchev–Trinajstić information content (AvgIpc) is 3.28. The van der Waals surface area contributed by atoms with Crippen molar-refractivity contribution >= 4 is 13.7 Å². The maximum absolute atomic E-state index is 13.0. The summed E-state index contributed by atoms with van der Waals surface area (Å²) >= 11 is 0. The van der Waals surface area contributed by atoms with Gasteiger partial charge >= 0.3 is 7.82 Å². The van der Waals surface area contributed by atoms with Gasteiger partial charge in [0.05, 0.1) is 39.9 Å². The molecule has 0 aliphatic heterocycles. The first-order valence-electron chi connectivity index (χ1n) is 27.7. The number of aliphatic hydroxyl groups excluding tert-OH is 1. The number of phosphoric ester groups is 1. The van der Waals surface area contributed by atoms with Crippen LogP contribution in [0.15, 0.2) is 60.8 Å². The van der Waals surface area contributed by atoms with E-state index >= 15 is 0 Å². The fourth-order valence-electron chi connectivity index (χ4n) is 7.92. The lowest BCUT2D eigenvalue weighted by atomic mass is 10.0. The molecule has 0 saturated heterocycles. The van der Waals surface area contributed by atoms with Gasteiger partial charge in [0.2, 0.25) is 5.91 Å². The fourth-order valence-corrected chi connectivity index (χ4v) is 8.65. The number of rotatable bonds is 50. The molecule has 3 atom stereocenters. The number of amides is 1. The lowest BCUT2D eigenvalue weighted by Crippen LogP contribution is -2.45. The van der Waals surface area contributed by atoms with Gasteiger partial charge in [-0.05, 0) is 57.8 Å². The van der Waals surface area contributed by atoms with Crippen LogP contribution in [0.3, 0.4) is 0 Å². The number of hydrogen-bond donors (Lipinski definition) is 3. The van der Waals surface area contributed by atoms with E-state index in [1.807, 2.05) is 27.2 Å². The Balaban J connectivity index is 4.20. The van der Waals surface area contributed by atoms with Crippen LogP contribution >= 0.6 is 7.82 Å². The molecule has 0 aliphatic rings. The van der Waals surface area contributed by atoms with Crippen LogP contribution in [0.25, 0.3) is 0 Å². The van der Waals surface area contributed by atoms with Crippen LogP contribution in [-0.4, -0.2) is 73.4 Å². The lowest BCUT2D eigenvalue weighted by Gasteiger charge is -2.25. The molecule has 3 N–H and O–H groups in total. The Morgan fingerprint density at radius 2 is 0.909 bits per heavy atom. The third kappa shape index (κ3) is 50.1. The largest absolute Gasteiger partial charge is 0.472 e. The number of likely N-dealkylation sites (N-methyl/N-ethyl adjacent to an activating group) is 1. The summed E-state index contributed by atoms with van der Waals surface area (Å²) in [7, 11) is 1.57. The Morgan fingerprint density at radius 1 is 0.530 bits per heavy atom. The van der Waals surface area contributed by atoms with E-state index in [2.05, 4.69) is 67.8 Å². The number of carbonyl (C=O) groups is 1. The van der Waals surface area contributed by atoms with Crippen LogP contribution in [-0.2, 0) is 18.4 Å². The van der Waals surface area contributed by atoms with Gasteiger partial charge in [0.15, 0.2) is 0 Å². The third-order valence-electron chi connectivity index (χ3n) is 12.2. The summed E-state index contributed by atoms with van der Waals surface area (Å²) in [5.41, 5.74) is 0. The third-order valence-corrected chi connectivity index (χ3v) is 13.2. The first-order valence-corrected chi connectivity index (χ1v) is 29.2. The average molecular weight is 948 g/mol. The predicted octanol–water partition coefficient (Wildman–Crippen LogP) is 16.5. The monoisotopic (exact) mass is 948 g/mol. The van der Waals surface area contributed by atoms with E-state index in [4.69, 9.17) is 9.05 Å². The van der Waals surface area contributed by atoms with Crippen molar-refractivity contribution in [2.45, 2.75) is 257 Å². The first kappa shape index (κ1) is 64.2. The summed E-state index contributed by atoms with van der Waals surface area (Å²) in [6, 6.07) is -0.848. The van der Waals surface area contributed by atoms with E-state index in [1.54, 1.807) is 6.08 Å². The topological polar surface area (TPSA) is 105 Å². The minimum Gasteiger partial charge on any atom is -0.387 e. The summed E-state index contributed by atoms with van der Waals surface area (Å²) in [6.07, 6.45) is 64.5. The molecule has 66 heavy (non-hydrogen) atoms. The van der Waals surface area contributed by atoms with E-state index in [0.717, 1.165) is 64.2 Å². The number of hydrogen-bond acceptors (Lipinski definition) is 5. The highest BCUT2D eigenvalue weighted by atomic mass is 31.2. The maximum atomic E-state index is 13.0. The van der Waals surface area contributed by atoms with Crippen LogP contribution in [0.2, 0.25) is 0 Å². The molecule has 386 valence electrons. The normalized spacial score (nSPS) is 14.5. The van der Waals surface area contributed by atoms with E-state index in [1.165, 1.54) is 161 Å². The standard InChI is InChI=1S/C57H107N2O6P/c1-6-8-10-12-14-16-18-20-22-24-25-26-27-28-29-30-31-32-33-35-37-39-41-43-45-47-49-51-57(61)58-55(54-65-66(62,63)64-53-52-59(3,4)5)56(60)50-48-46-44-42-40-38-36-34-23-21-19-17-15-13-11-9-7-2/h8,10,14,16,20,22,25-26,48,50,55-56,60H,6-7,9,11-13,15,17-19,21,23-24,27-47,49,51-54H2,1-5H3,(H-,58,61,62,63)/p+1/b10-8-,16-14-,22-20-,26-25-,50-48+. The van der Waals surface area contributed by atoms with Gasteiger partial charge in [-0.1, -0.05) is 242 Å². The number of unbranched alkanes of at least 4 members (excludes halogenated alkanes) is 29. The van der Waals surface area contributed by atoms with Crippen molar-refractivity contribution in [3.8, 4) is 0 Å². The zero-order valence-electron chi connectivity index (χ0n) is 43.9. The minimum absolute atomic E-state index is 0.0605. The quantitative estimate of drug-likeness (QED) is 0.0243. The highest BCUT2D eigenvalue weighted by Crippen LogP contribution is 2.43. The van der Waals surface area contributed by atoms with Gasteiger partial charge in [-0.3, -0.25) is 13.8 Å². The molecule has 1 amide bonds. The van der Waals surface area contributed by atoms with Gasteiger partial charge in [-0.15, -0.1) is 0 Å². The Labute approximate surface area is 409 Å². The molecule has 0 fully saturated rings. The van der Waals surface area contributed by atoms with Gasteiger partial charge in [-0.2, -0.15) is 0 Å². The van der Waals surface area contributed by atoms with E-state index in [0.29, 0.717) is 17.4 Å². The number of carbonyl (C=O) groups excluding carboxylic acids is 1. The molecular formula is C57H108N2O6P+. The summed E-state index contributed by atoms with van der Waals surface area (Å²) < 4.78 is 23.7. The van der Waals surface area contributed by atoms with Crippen LogP contribution in [0.1, 0.15) is 245 Å². The second-order valence-corrected chi connectivity index (χ2v) is 21.4. The molecule has 8 nitrogen and oxygen atoms in total. The minimum atomic E-state index is -4.35.